The number of benzene rings is 2. The summed E-state index contributed by atoms with van der Waals surface area (Å²) in [5, 5.41) is 0. The second-order valence-electron chi connectivity index (χ2n) is 5.87. The molecule has 1 amide bonds. The summed E-state index contributed by atoms with van der Waals surface area (Å²) >= 11 is 0. The molecule has 0 radical (unpaired) electrons. The minimum Gasteiger partial charge on any atom is -0.489 e. The molecule has 2 aromatic rings. The second-order valence-corrected chi connectivity index (χ2v) is 5.87. The predicted octanol–water partition coefficient (Wildman–Crippen LogP) is 2.13. The van der Waals surface area contributed by atoms with Crippen molar-refractivity contribution in [1.82, 2.24) is 20.7 Å². The highest BCUT2D eigenvalue weighted by molar-refractivity contribution is 5.93. The van der Waals surface area contributed by atoms with Crippen LogP contribution in [-0.4, -0.2) is 36.1 Å². The van der Waals surface area contributed by atoms with E-state index in [1.165, 1.54) is 0 Å². The molecule has 0 spiro atoms. The summed E-state index contributed by atoms with van der Waals surface area (Å²) in [6.07, 6.45) is 3.95. The van der Waals surface area contributed by atoms with Crippen LogP contribution in [0.3, 0.4) is 0 Å². The van der Waals surface area contributed by atoms with E-state index in [-0.39, 0.29) is 5.91 Å². The van der Waals surface area contributed by atoms with Crippen LogP contribution >= 0.6 is 0 Å². The van der Waals surface area contributed by atoms with E-state index in [0.717, 1.165) is 18.0 Å². The molecular formula is C19H22N4O2. The van der Waals surface area contributed by atoms with Gasteiger partial charge in [0.05, 0.1) is 13.3 Å². The molecule has 2 N–H and O–H groups in total. The first-order chi connectivity index (χ1) is 12.2. The van der Waals surface area contributed by atoms with Crippen LogP contribution in [-0.2, 0) is 6.61 Å². The van der Waals surface area contributed by atoms with Gasteiger partial charge < -0.3 is 14.5 Å². The number of nitrogens with zero attached hydrogens (tertiary/aromatic N) is 2. The van der Waals surface area contributed by atoms with Crippen molar-refractivity contribution >= 4 is 5.91 Å². The lowest BCUT2D eigenvalue weighted by atomic mass is 10.2. The predicted molar refractivity (Wildman–Crippen MR) is 96.3 cm³/mol. The van der Waals surface area contributed by atoms with Crippen molar-refractivity contribution in [1.29, 1.82) is 0 Å². The number of amides is 1. The van der Waals surface area contributed by atoms with Gasteiger partial charge in [0.2, 0.25) is 0 Å². The Labute approximate surface area is 147 Å². The highest BCUT2D eigenvalue weighted by atomic mass is 16.5. The van der Waals surface area contributed by atoms with Crippen molar-refractivity contribution in [2.45, 2.75) is 6.61 Å². The van der Waals surface area contributed by atoms with E-state index in [2.05, 4.69) is 15.8 Å². The van der Waals surface area contributed by atoms with Gasteiger partial charge in [-0.05, 0) is 29.8 Å². The molecule has 0 aliphatic carbocycles. The summed E-state index contributed by atoms with van der Waals surface area (Å²) in [4.78, 5) is 16.2. The zero-order valence-corrected chi connectivity index (χ0v) is 14.2. The Morgan fingerprint density at radius 2 is 1.84 bits per heavy atom. The average molecular weight is 338 g/mol. The first kappa shape index (κ1) is 16.9. The Kier molecular flexibility index (Phi) is 5.53. The first-order valence-electron chi connectivity index (χ1n) is 8.13. The van der Waals surface area contributed by atoms with Crippen molar-refractivity contribution < 1.29 is 9.53 Å². The molecule has 0 saturated heterocycles. The fraction of sp³-hybridized carbons (Fsp3) is 0.211. The number of ether oxygens (including phenoxy) is 1. The molecule has 0 saturated carbocycles. The van der Waals surface area contributed by atoms with Crippen molar-refractivity contribution in [3.8, 4) is 5.75 Å². The van der Waals surface area contributed by atoms with E-state index < -0.39 is 0 Å². The van der Waals surface area contributed by atoms with E-state index in [9.17, 15) is 4.79 Å². The SMILES string of the molecule is CN1C=CN(CNNC(=O)c2ccc(OCc3ccccc3)cc2)C1. The summed E-state index contributed by atoms with van der Waals surface area (Å²) in [5.41, 5.74) is 7.30. The fourth-order valence-corrected chi connectivity index (χ4v) is 2.43. The van der Waals surface area contributed by atoms with E-state index in [1.54, 1.807) is 24.3 Å². The highest BCUT2D eigenvalue weighted by Gasteiger charge is 2.09. The topological polar surface area (TPSA) is 56.8 Å². The van der Waals surface area contributed by atoms with Gasteiger partial charge in [-0.1, -0.05) is 30.3 Å². The Hall–Kier alpha value is -2.99. The maximum Gasteiger partial charge on any atom is 0.265 e. The van der Waals surface area contributed by atoms with Crippen LogP contribution in [0.2, 0.25) is 0 Å². The Morgan fingerprint density at radius 3 is 2.52 bits per heavy atom. The van der Waals surface area contributed by atoms with Crippen LogP contribution in [0.25, 0.3) is 0 Å². The number of carbonyl (C=O) groups excluding carboxylic acids is 1. The van der Waals surface area contributed by atoms with E-state index in [4.69, 9.17) is 4.74 Å². The summed E-state index contributed by atoms with van der Waals surface area (Å²) < 4.78 is 5.72. The smallest absolute Gasteiger partial charge is 0.265 e. The standard InChI is InChI=1S/C19H22N4O2/c1-22-11-12-23(15-22)14-20-21-19(24)17-7-9-18(10-8-17)25-13-16-5-3-2-4-6-16/h2-12,20H,13-15H2,1H3,(H,21,24). The minimum absolute atomic E-state index is 0.175. The molecule has 1 aliphatic heterocycles. The van der Waals surface area contributed by atoms with Gasteiger partial charge in [-0.15, -0.1) is 0 Å². The molecule has 25 heavy (non-hydrogen) atoms. The van der Waals surface area contributed by atoms with Gasteiger partial charge in [0, 0.05) is 25.0 Å². The fourth-order valence-electron chi connectivity index (χ4n) is 2.43. The zero-order chi connectivity index (χ0) is 17.5. The quantitative estimate of drug-likeness (QED) is 0.758. The van der Waals surface area contributed by atoms with Gasteiger partial charge in [-0.2, -0.15) is 0 Å². The molecule has 130 valence electrons. The third-order valence-corrected chi connectivity index (χ3v) is 3.79. The number of hydrogen-bond acceptors (Lipinski definition) is 5. The molecule has 0 unspecified atom stereocenters. The first-order valence-corrected chi connectivity index (χ1v) is 8.13. The lowest BCUT2D eigenvalue weighted by Crippen LogP contribution is -2.43. The third-order valence-electron chi connectivity index (χ3n) is 3.79. The van der Waals surface area contributed by atoms with Crippen LogP contribution in [0.15, 0.2) is 67.0 Å². The molecule has 1 aliphatic rings. The number of hydrogen-bond donors (Lipinski definition) is 2. The molecule has 0 bridgehead atoms. The molecule has 0 aromatic heterocycles. The highest BCUT2D eigenvalue weighted by Crippen LogP contribution is 2.14. The third kappa shape index (κ3) is 4.99. The Morgan fingerprint density at radius 1 is 1.08 bits per heavy atom. The second kappa shape index (κ2) is 8.21. The lowest BCUT2D eigenvalue weighted by molar-refractivity contribution is 0.0922. The summed E-state index contributed by atoms with van der Waals surface area (Å²) in [7, 11) is 2.00. The van der Waals surface area contributed by atoms with Crippen LogP contribution in [0.1, 0.15) is 15.9 Å². The molecule has 0 fully saturated rings. The van der Waals surface area contributed by atoms with Crippen LogP contribution < -0.4 is 15.6 Å². The summed E-state index contributed by atoms with van der Waals surface area (Å²) in [6, 6.07) is 17.1. The number of hydrazine groups is 1. The summed E-state index contributed by atoms with van der Waals surface area (Å²) in [6.45, 7) is 1.85. The number of rotatable bonds is 7. The maximum atomic E-state index is 12.1. The molecular weight excluding hydrogens is 316 g/mol. The van der Waals surface area contributed by atoms with Crippen molar-refractivity contribution in [3.05, 3.63) is 78.1 Å². The Bertz CT molecular complexity index is 716. The van der Waals surface area contributed by atoms with Crippen LogP contribution in [0.4, 0.5) is 0 Å². The van der Waals surface area contributed by atoms with Gasteiger partial charge in [-0.25, -0.2) is 5.43 Å². The molecule has 0 atom stereocenters. The van der Waals surface area contributed by atoms with E-state index in [1.807, 2.05) is 54.7 Å². The number of carbonyl (C=O) groups is 1. The monoisotopic (exact) mass is 338 g/mol. The van der Waals surface area contributed by atoms with Crippen molar-refractivity contribution in [2.24, 2.45) is 0 Å². The average Bonchev–Trinajstić information content (AvgIpc) is 3.06. The van der Waals surface area contributed by atoms with Gasteiger partial charge in [0.1, 0.15) is 12.4 Å². The lowest BCUT2D eigenvalue weighted by Gasteiger charge is -2.18. The molecule has 3 rings (SSSR count). The van der Waals surface area contributed by atoms with Crippen LogP contribution in [0.5, 0.6) is 5.75 Å². The molecule has 6 nitrogen and oxygen atoms in total. The van der Waals surface area contributed by atoms with Gasteiger partial charge in [0.15, 0.2) is 0 Å². The molecule has 2 aromatic carbocycles. The zero-order valence-electron chi connectivity index (χ0n) is 14.2. The van der Waals surface area contributed by atoms with Crippen LogP contribution in [0, 0.1) is 0 Å². The normalized spacial score (nSPS) is 13.2. The molecule has 1 heterocycles. The maximum absolute atomic E-state index is 12.1. The van der Waals surface area contributed by atoms with Gasteiger partial charge in [-0.3, -0.25) is 10.2 Å². The Balaban J connectivity index is 1.43. The van der Waals surface area contributed by atoms with Gasteiger partial charge >= 0.3 is 0 Å². The minimum atomic E-state index is -0.175. The van der Waals surface area contributed by atoms with E-state index in [0.29, 0.717) is 18.8 Å². The van der Waals surface area contributed by atoms with Crippen molar-refractivity contribution in [3.63, 3.8) is 0 Å². The summed E-state index contributed by atoms with van der Waals surface area (Å²) in [5.74, 6) is 0.560. The number of nitrogens with one attached hydrogen (secondary N) is 2. The van der Waals surface area contributed by atoms with Gasteiger partial charge in [0.25, 0.3) is 5.91 Å². The molecule has 6 heteroatoms. The van der Waals surface area contributed by atoms with Crippen molar-refractivity contribution in [2.75, 3.05) is 20.4 Å². The largest absolute Gasteiger partial charge is 0.489 e. The van der Waals surface area contributed by atoms with E-state index >= 15 is 0 Å².